The number of carbonyl (C=O) groups is 1. The highest BCUT2D eigenvalue weighted by Gasteiger charge is 2.48. The zero-order valence-corrected chi connectivity index (χ0v) is 18.5. The molecule has 1 spiro atoms. The fourth-order valence-corrected chi connectivity index (χ4v) is 5.16. The summed E-state index contributed by atoms with van der Waals surface area (Å²) in [6.45, 7) is 5.97. The van der Waals surface area contributed by atoms with Gasteiger partial charge in [-0.3, -0.25) is 9.69 Å². The molecule has 0 bridgehead atoms. The van der Waals surface area contributed by atoms with Crippen LogP contribution in [0.15, 0.2) is 30.3 Å². The van der Waals surface area contributed by atoms with Crippen LogP contribution < -0.4 is 0 Å². The first-order chi connectivity index (χ1) is 13.2. The van der Waals surface area contributed by atoms with Crippen LogP contribution in [0.3, 0.4) is 0 Å². The first-order valence-corrected chi connectivity index (χ1v) is 10.8. The Morgan fingerprint density at radius 2 is 1.75 bits per heavy atom. The van der Waals surface area contributed by atoms with Gasteiger partial charge in [-0.15, -0.1) is 0 Å². The molecule has 1 aromatic rings. The van der Waals surface area contributed by atoms with Crippen molar-refractivity contribution in [1.29, 1.82) is 0 Å². The van der Waals surface area contributed by atoms with E-state index in [1.807, 2.05) is 0 Å². The van der Waals surface area contributed by atoms with E-state index in [0.717, 1.165) is 25.9 Å². The van der Waals surface area contributed by atoms with Crippen molar-refractivity contribution >= 4 is 5.91 Å². The summed E-state index contributed by atoms with van der Waals surface area (Å²) in [5, 5.41) is 0. The quantitative estimate of drug-likeness (QED) is 0.724. The van der Waals surface area contributed by atoms with Gasteiger partial charge in [0.1, 0.15) is 0 Å². The lowest BCUT2D eigenvalue weighted by Gasteiger charge is -2.49. The molecule has 1 aromatic carbocycles. The molecular formula is C24H38N2O2. The minimum atomic E-state index is -0.223. The zero-order chi connectivity index (χ0) is 20.4. The molecule has 2 fully saturated rings. The van der Waals surface area contributed by atoms with Crippen LogP contribution in [0, 0.1) is 5.41 Å². The van der Waals surface area contributed by atoms with Gasteiger partial charge in [-0.05, 0) is 77.4 Å². The van der Waals surface area contributed by atoms with Crippen molar-refractivity contribution in [1.82, 2.24) is 9.80 Å². The van der Waals surface area contributed by atoms with E-state index in [2.05, 4.69) is 68.1 Å². The van der Waals surface area contributed by atoms with Gasteiger partial charge in [0, 0.05) is 32.2 Å². The number of likely N-dealkylation sites (tertiary alicyclic amines) is 1. The molecule has 0 unspecified atom stereocenters. The van der Waals surface area contributed by atoms with Crippen LogP contribution >= 0.6 is 0 Å². The van der Waals surface area contributed by atoms with Crippen LogP contribution in [0.5, 0.6) is 0 Å². The molecule has 0 aromatic heterocycles. The van der Waals surface area contributed by atoms with Gasteiger partial charge in [-0.2, -0.15) is 0 Å². The van der Waals surface area contributed by atoms with Crippen molar-refractivity contribution in [2.75, 3.05) is 34.3 Å². The summed E-state index contributed by atoms with van der Waals surface area (Å²) in [6, 6.07) is 11.0. The van der Waals surface area contributed by atoms with Crippen LogP contribution in [0.1, 0.15) is 64.4 Å². The smallest absolute Gasteiger partial charge is 0.222 e. The number of hydrogen-bond donors (Lipinski definition) is 0. The van der Waals surface area contributed by atoms with Crippen molar-refractivity contribution in [2.45, 2.75) is 69.9 Å². The van der Waals surface area contributed by atoms with E-state index in [9.17, 15) is 4.79 Å². The monoisotopic (exact) mass is 386 g/mol. The first kappa shape index (κ1) is 21.3. The van der Waals surface area contributed by atoms with Crippen molar-refractivity contribution in [3.05, 3.63) is 35.9 Å². The molecule has 2 aliphatic rings. The van der Waals surface area contributed by atoms with Gasteiger partial charge in [0.05, 0.1) is 5.60 Å². The maximum Gasteiger partial charge on any atom is 0.222 e. The SMILES string of the molecule is COC(C)(C)CCC(=O)N1CCC2(CCC(c3ccccc3)(N(C)C)CC2)C1. The fraction of sp³-hybridized carbons (Fsp3) is 0.708. The number of ether oxygens (including phenoxy) is 1. The number of nitrogens with zero attached hydrogens (tertiary/aromatic N) is 2. The molecule has 0 N–H and O–H groups in total. The topological polar surface area (TPSA) is 32.8 Å². The number of carbonyl (C=O) groups excluding carboxylic acids is 1. The van der Waals surface area contributed by atoms with E-state index < -0.39 is 0 Å². The molecule has 1 heterocycles. The summed E-state index contributed by atoms with van der Waals surface area (Å²) in [4.78, 5) is 17.3. The fourth-order valence-electron chi connectivity index (χ4n) is 5.16. The number of rotatable bonds is 6. The average molecular weight is 387 g/mol. The van der Waals surface area contributed by atoms with E-state index in [1.54, 1.807) is 7.11 Å². The standard InChI is InChI=1S/C24H38N2O2/c1-22(2,28-5)12-11-21(27)26-18-17-23(19-26)13-15-24(16-14-23,25(3)4)20-9-7-6-8-10-20/h6-10H,11-19H2,1-5H3. The van der Waals surface area contributed by atoms with Crippen molar-refractivity contribution < 1.29 is 9.53 Å². The lowest BCUT2D eigenvalue weighted by molar-refractivity contribution is -0.132. The molecule has 1 saturated carbocycles. The molecule has 0 atom stereocenters. The lowest BCUT2D eigenvalue weighted by Crippen LogP contribution is -2.47. The van der Waals surface area contributed by atoms with Gasteiger partial charge in [0.25, 0.3) is 0 Å². The summed E-state index contributed by atoms with van der Waals surface area (Å²) in [7, 11) is 6.15. The van der Waals surface area contributed by atoms with Gasteiger partial charge in [0.2, 0.25) is 5.91 Å². The van der Waals surface area contributed by atoms with E-state index in [4.69, 9.17) is 4.74 Å². The summed E-state index contributed by atoms with van der Waals surface area (Å²) in [5.41, 5.74) is 1.66. The van der Waals surface area contributed by atoms with Crippen LogP contribution in [-0.2, 0) is 15.1 Å². The van der Waals surface area contributed by atoms with Gasteiger partial charge < -0.3 is 9.64 Å². The summed E-state index contributed by atoms with van der Waals surface area (Å²) < 4.78 is 5.47. The maximum absolute atomic E-state index is 12.8. The Morgan fingerprint density at radius 1 is 1.11 bits per heavy atom. The third-order valence-corrected chi connectivity index (χ3v) is 7.59. The zero-order valence-electron chi connectivity index (χ0n) is 18.5. The molecule has 1 saturated heterocycles. The van der Waals surface area contributed by atoms with Crippen molar-refractivity contribution in [3.63, 3.8) is 0 Å². The average Bonchev–Trinajstić information content (AvgIpc) is 3.11. The minimum absolute atomic E-state index is 0.131. The Bertz CT molecular complexity index is 660. The summed E-state index contributed by atoms with van der Waals surface area (Å²) in [6.07, 6.45) is 7.27. The first-order valence-electron chi connectivity index (χ1n) is 10.8. The number of amides is 1. The van der Waals surface area contributed by atoms with Crippen LogP contribution in [0.4, 0.5) is 0 Å². The highest BCUT2D eigenvalue weighted by atomic mass is 16.5. The second kappa shape index (κ2) is 8.16. The Hall–Kier alpha value is -1.39. The van der Waals surface area contributed by atoms with E-state index in [-0.39, 0.29) is 11.1 Å². The second-order valence-electron chi connectivity index (χ2n) is 9.82. The predicted octanol–water partition coefficient (Wildman–Crippen LogP) is 4.44. The van der Waals surface area contributed by atoms with Gasteiger partial charge in [-0.25, -0.2) is 0 Å². The lowest BCUT2D eigenvalue weighted by atomic mass is 9.64. The normalized spacial score (nSPS) is 28.3. The van der Waals surface area contributed by atoms with Gasteiger partial charge in [0.15, 0.2) is 0 Å². The highest BCUT2D eigenvalue weighted by molar-refractivity contribution is 5.76. The molecule has 4 nitrogen and oxygen atoms in total. The van der Waals surface area contributed by atoms with Gasteiger partial charge in [-0.1, -0.05) is 30.3 Å². The van der Waals surface area contributed by atoms with Crippen LogP contribution in [-0.4, -0.2) is 55.6 Å². The molecule has 4 heteroatoms. The summed E-state index contributed by atoms with van der Waals surface area (Å²) >= 11 is 0. The van der Waals surface area contributed by atoms with Gasteiger partial charge >= 0.3 is 0 Å². The minimum Gasteiger partial charge on any atom is -0.379 e. The Balaban J connectivity index is 1.62. The molecule has 28 heavy (non-hydrogen) atoms. The Labute approximate surface area is 171 Å². The van der Waals surface area contributed by atoms with Crippen LogP contribution in [0.25, 0.3) is 0 Å². The predicted molar refractivity (Wildman–Crippen MR) is 114 cm³/mol. The van der Waals surface area contributed by atoms with E-state index in [0.29, 0.717) is 17.7 Å². The maximum atomic E-state index is 12.8. The van der Waals surface area contributed by atoms with Crippen molar-refractivity contribution in [3.8, 4) is 0 Å². The Morgan fingerprint density at radius 3 is 2.32 bits per heavy atom. The molecule has 156 valence electrons. The van der Waals surface area contributed by atoms with Crippen molar-refractivity contribution in [2.24, 2.45) is 5.41 Å². The largest absolute Gasteiger partial charge is 0.379 e. The van der Waals surface area contributed by atoms with E-state index >= 15 is 0 Å². The molecule has 1 aliphatic heterocycles. The second-order valence-corrected chi connectivity index (χ2v) is 9.82. The third-order valence-electron chi connectivity index (χ3n) is 7.59. The molecular weight excluding hydrogens is 348 g/mol. The Kier molecular flexibility index (Phi) is 6.21. The molecule has 1 amide bonds. The number of hydrogen-bond acceptors (Lipinski definition) is 3. The molecule has 1 aliphatic carbocycles. The summed E-state index contributed by atoms with van der Waals surface area (Å²) in [5.74, 6) is 0.300. The third kappa shape index (κ3) is 4.28. The highest BCUT2D eigenvalue weighted by Crippen LogP contribution is 2.51. The number of benzene rings is 1. The number of methoxy groups -OCH3 is 1. The molecule has 0 radical (unpaired) electrons. The van der Waals surface area contributed by atoms with E-state index in [1.165, 1.54) is 31.2 Å². The van der Waals surface area contributed by atoms with Crippen LogP contribution in [0.2, 0.25) is 0 Å². The molecule has 3 rings (SSSR count).